The summed E-state index contributed by atoms with van der Waals surface area (Å²) in [6.07, 6.45) is 3.04. The number of rotatable bonds is 4. The minimum Gasteiger partial charge on any atom is -0.325 e. The highest BCUT2D eigenvalue weighted by Crippen LogP contribution is 2.25. The van der Waals surface area contributed by atoms with Crippen LogP contribution >= 0.6 is 11.6 Å². The summed E-state index contributed by atoms with van der Waals surface area (Å²) in [7, 11) is 0. The fourth-order valence-electron chi connectivity index (χ4n) is 1.60. The van der Waals surface area contributed by atoms with Gasteiger partial charge in [-0.25, -0.2) is 0 Å². The van der Waals surface area contributed by atoms with Crippen LogP contribution < -0.4 is 16.4 Å². The van der Waals surface area contributed by atoms with Gasteiger partial charge in [0.1, 0.15) is 0 Å². The molecule has 1 aromatic carbocycles. The molecule has 0 bridgehead atoms. The lowest BCUT2D eigenvalue weighted by molar-refractivity contribution is -0.114. The number of anilines is 2. The van der Waals surface area contributed by atoms with Gasteiger partial charge in [-0.05, 0) is 30.3 Å². The van der Waals surface area contributed by atoms with Crippen LogP contribution in [-0.4, -0.2) is 23.3 Å². The summed E-state index contributed by atoms with van der Waals surface area (Å²) in [6, 6.07) is 8.07. The number of nitrogens with two attached hydrogens (primary N) is 1. The summed E-state index contributed by atoms with van der Waals surface area (Å²) in [5, 5.41) is 5.55. The molecule has 2 rings (SSSR count). The molecule has 0 unspecified atom stereocenters. The lowest BCUT2D eigenvalue weighted by Gasteiger charge is -2.09. The molecule has 0 fully saturated rings. The summed E-state index contributed by atoms with van der Waals surface area (Å²) in [5.41, 5.74) is 6.59. The van der Waals surface area contributed by atoms with Crippen LogP contribution in [0.2, 0.25) is 5.02 Å². The first-order chi connectivity index (χ1) is 10.1. The Bertz CT molecular complexity index is 661. The van der Waals surface area contributed by atoms with Gasteiger partial charge in [0, 0.05) is 18.1 Å². The molecule has 4 N–H and O–H groups in total. The van der Waals surface area contributed by atoms with Gasteiger partial charge in [0.2, 0.25) is 5.91 Å². The second kappa shape index (κ2) is 6.83. The van der Waals surface area contributed by atoms with Crippen molar-refractivity contribution in [3.63, 3.8) is 0 Å². The van der Waals surface area contributed by atoms with Crippen LogP contribution in [0, 0.1) is 0 Å². The van der Waals surface area contributed by atoms with Crippen molar-refractivity contribution in [1.82, 2.24) is 4.98 Å². The SMILES string of the molecule is NCC(=O)Nc1ccc(NC(=O)c2cccnc2)c(Cl)c1. The van der Waals surface area contributed by atoms with Gasteiger partial charge in [-0.1, -0.05) is 11.6 Å². The van der Waals surface area contributed by atoms with E-state index < -0.39 is 0 Å². The van der Waals surface area contributed by atoms with E-state index in [0.717, 1.165) is 0 Å². The number of hydrogen-bond donors (Lipinski definition) is 3. The zero-order valence-corrected chi connectivity index (χ0v) is 11.7. The third kappa shape index (κ3) is 4.01. The topological polar surface area (TPSA) is 97.1 Å². The van der Waals surface area contributed by atoms with Crippen LogP contribution in [-0.2, 0) is 4.79 Å². The number of nitrogens with one attached hydrogen (secondary N) is 2. The van der Waals surface area contributed by atoms with Gasteiger partial charge in [-0.2, -0.15) is 0 Å². The quantitative estimate of drug-likeness (QED) is 0.803. The summed E-state index contributed by atoms with van der Waals surface area (Å²) >= 11 is 6.07. The highest BCUT2D eigenvalue weighted by Gasteiger charge is 2.09. The second-order valence-electron chi connectivity index (χ2n) is 4.14. The fourth-order valence-corrected chi connectivity index (χ4v) is 1.83. The van der Waals surface area contributed by atoms with E-state index in [1.807, 2.05) is 0 Å². The number of amides is 2. The molecule has 6 nitrogen and oxygen atoms in total. The summed E-state index contributed by atoms with van der Waals surface area (Å²) < 4.78 is 0. The number of hydrogen-bond acceptors (Lipinski definition) is 4. The van der Waals surface area contributed by atoms with E-state index in [9.17, 15) is 9.59 Å². The van der Waals surface area contributed by atoms with Gasteiger partial charge in [-0.15, -0.1) is 0 Å². The lowest BCUT2D eigenvalue weighted by Crippen LogP contribution is -2.21. The largest absolute Gasteiger partial charge is 0.325 e. The zero-order valence-electron chi connectivity index (χ0n) is 11.0. The van der Waals surface area contributed by atoms with Crippen LogP contribution in [0.15, 0.2) is 42.7 Å². The molecule has 7 heteroatoms. The third-order valence-corrected chi connectivity index (χ3v) is 2.92. The van der Waals surface area contributed by atoms with Crippen molar-refractivity contribution in [1.29, 1.82) is 0 Å². The van der Waals surface area contributed by atoms with E-state index in [-0.39, 0.29) is 18.4 Å². The van der Waals surface area contributed by atoms with Crippen LogP contribution in [0.25, 0.3) is 0 Å². The van der Waals surface area contributed by atoms with Crippen molar-refractivity contribution in [2.75, 3.05) is 17.2 Å². The maximum atomic E-state index is 12.0. The molecular weight excluding hydrogens is 292 g/mol. The minimum absolute atomic E-state index is 0.114. The van der Waals surface area contributed by atoms with Crippen molar-refractivity contribution in [3.8, 4) is 0 Å². The number of pyridine rings is 1. The van der Waals surface area contributed by atoms with E-state index in [2.05, 4.69) is 15.6 Å². The highest BCUT2D eigenvalue weighted by atomic mass is 35.5. The van der Waals surface area contributed by atoms with Crippen molar-refractivity contribution in [2.45, 2.75) is 0 Å². The number of carbonyl (C=O) groups is 2. The number of carbonyl (C=O) groups excluding carboxylic acids is 2. The Hall–Kier alpha value is -2.44. The fraction of sp³-hybridized carbons (Fsp3) is 0.0714. The number of nitrogens with zero attached hydrogens (tertiary/aromatic N) is 1. The molecular formula is C14H13ClN4O2. The second-order valence-corrected chi connectivity index (χ2v) is 4.55. The van der Waals surface area contributed by atoms with Crippen molar-refractivity contribution < 1.29 is 9.59 Å². The predicted molar refractivity (Wildman–Crippen MR) is 81.3 cm³/mol. The smallest absolute Gasteiger partial charge is 0.257 e. The molecule has 0 aliphatic rings. The molecule has 0 saturated carbocycles. The Morgan fingerprint density at radius 1 is 1.24 bits per heavy atom. The summed E-state index contributed by atoms with van der Waals surface area (Å²) in [6.45, 7) is -0.114. The Labute approximate surface area is 126 Å². The number of aromatic nitrogens is 1. The van der Waals surface area contributed by atoms with E-state index >= 15 is 0 Å². The van der Waals surface area contributed by atoms with E-state index in [4.69, 9.17) is 17.3 Å². The van der Waals surface area contributed by atoms with Gasteiger partial charge in [0.05, 0.1) is 22.8 Å². The minimum atomic E-state index is -0.321. The molecule has 0 atom stereocenters. The number of halogens is 1. The first-order valence-electron chi connectivity index (χ1n) is 6.11. The van der Waals surface area contributed by atoms with Gasteiger partial charge in [0.15, 0.2) is 0 Å². The zero-order chi connectivity index (χ0) is 15.2. The van der Waals surface area contributed by atoms with Crippen molar-refractivity contribution in [2.24, 2.45) is 5.73 Å². The molecule has 2 aromatic rings. The van der Waals surface area contributed by atoms with Crippen molar-refractivity contribution >= 4 is 34.8 Å². The van der Waals surface area contributed by atoms with Gasteiger partial charge >= 0.3 is 0 Å². The first-order valence-corrected chi connectivity index (χ1v) is 6.49. The lowest BCUT2D eigenvalue weighted by atomic mass is 10.2. The molecule has 0 aliphatic heterocycles. The molecule has 0 spiro atoms. The Balaban J connectivity index is 2.11. The summed E-state index contributed by atoms with van der Waals surface area (Å²) in [5.74, 6) is -0.637. The van der Waals surface area contributed by atoms with Gasteiger partial charge in [0.25, 0.3) is 5.91 Å². The van der Waals surface area contributed by atoms with E-state index in [0.29, 0.717) is 22.0 Å². The standard InChI is InChI=1S/C14H13ClN4O2/c15-11-6-10(18-13(20)7-16)3-4-12(11)19-14(21)9-2-1-5-17-8-9/h1-6,8H,7,16H2,(H,18,20)(H,19,21). The number of benzene rings is 1. The predicted octanol–water partition coefficient (Wildman–Crippen LogP) is 1.88. The molecule has 21 heavy (non-hydrogen) atoms. The average Bonchev–Trinajstić information content (AvgIpc) is 2.50. The Morgan fingerprint density at radius 3 is 2.67 bits per heavy atom. The molecule has 0 aliphatic carbocycles. The average molecular weight is 305 g/mol. The van der Waals surface area contributed by atoms with Crippen LogP contribution in [0.3, 0.4) is 0 Å². The van der Waals surface area contributed by atoms with Crippen LogP contribution in [0.1, 0.15) is 10.4 Å². The normalized spacial score (nSPS) is 10.0. The van der Waals surface area contributed by atoms with Crippen LogP contribution in [0.5, 0.6) is 0 Å². The Morgan fingerprint density at radius 2 is 2.05 bits per heavy atom. The third-order valence-electron chi connectivity index (χ3n) is 2.61. The first kappa shape index (κ1) is 15.0. The van der Waals surface area contributed by atoms with Crippen molar-refractivity contribution in [3.05, 3.63) is 53.3 Å². The maximum absolute atomic E-state index is 12.0. The highest BCUT2D eigenvalue weighted by molar-refractivity contribution is 6.34. The molecule has 2 amide bonds. The monoisotopic (exact) mass is 304 g/mol. The molecule has 1 aromatic heterocycles. The van der Waals surface area contributed by atoms with Crippen LogP contribution in [0.4, 0.5) is 11.4 Å². The Kier molecular flexibility index (Phi) is 4.86. The maximum Gasteiger partial charge on any atom is 0.257 e. The molecule has 0 radical (unpaired) electrons. The molecule has 108 valence electrons. The molecule has 0 saturated heterocycles. The summed E-state index contributed by atoms with van der Waals surface area (Å²) in [4.78, 5) is 27.0. The van der Waals surface area contributed by atoms with E-state index in [1.54, 1.807) is 30.5 Å². The molecule has 1 heterocycles. The van der Waals surface area contributed by atoms with Gasteiger partial charge < -0.3 is 16.4 Å². The van der Waals surface area contributed by atoms with Gasteiger partial charge in [-0.3, -0.25) is 14.6 Å². The van der Waals surface area contributed by atoms with E-state index in [1.165, 1.54) is 12.3 Å².